The largest absolute Gasteiger partial charge is 0.378 e. The van der Waals surface area contributed by atoms with E-state index in [1.807, 2.05) is 20.2 Å². The number of benzene rings is 1. The monoisotopic (exact) mass is 276 g/mol. The van der Waals surface area contributed by atoms with Gasteiger partial charge in [-0.1, -0.05) is 0 Å². The third kappa shape index (κ3) is 2.32. The highest BCUT2D eigenvalue weighted by atomic mass is 35.5. The lowest BCUT2D eigenvalue weighted by Crippen LogP contribution is -2.19. The van der Waals surface area contributed by atoms with Crippen LogP contribution in [0.25, 0.3) is 10.9 Å². The first kappa shape index (κ1) is 12.5. The Bertz CT molecular complexity index is 606. The number of nitrogens with zero attached hydrogens (tertiary/aromatic N) is 4. The first-order chi connectivity index (χ1) is 9.15. The molecule has 0 radical (unpaired) electrons. The van der Waals surface area contributed by atoms with Crippen molar-refractivity contribution in [3.05, 3.63) is 23.5 Å². The number of rotatable bonds is 2. The van der Waals surface area contributed by atoms with Crippen LogP contribution in [0.2, 0.25) is 5.28 Å². The normalized spacial score (nSPS) is 15.2. The Morgan fingerprint density at radius 1 is 1.16 bits per heavy atom. The minimum absolute atomic E-state index is 0.326. The molecule has 1 aromatic heterocycles. The molecule has 3 rings (SSSR count). The summed E-state index contributed by atoms with van der Waals surface area (Å²) in [6.45, 7) is 2.10. The SMILES string of the molecule is CN(C)c1ccc2nc(Cl)nc(N3CCCC3)c2c1. The van der Waals surface area contributed by atoms with Gasteiger partial charge in [-0.25, -0.2) is 4.98 Å². The number of halogens is 1. The van der Waals surface area contributed by atoms with E-state index in [1.165, 1.54) is 12.8 Å². The fourth-order valence-corrected chi connectivity index (χ4v) is 2.69. The van der Waals surface area contributed by atoms with Crippen LogP contribution in [0, 0.1) is 0 Å². The number of hydrogen-bond acceptors (Lipinski definition) is 4. The van der Waals surface area contributed by atoms with E-state index < -0.39 is 0 Å². The Morgan fingerprint density at radius 3 is 2.58 bits per heavy atom. The van der Waals surface area contributed by atoms with Gasteiger partial charge in [-0.15, -0.1) is 0 Å². The van der Waals surface area contributed by atoms with Crippen molar-refractivity contribution in [1.82, 2.24) is 9.97 Å². The van der Waals surface area contributed by atoms with Crippen molar-refractivity contribution in [1.29, 1.82) is 0 Å². The Morgan fingerprint density at radius 2 is 1.89 bits per heavy atom. The molecule has 2 aromatic rings. The fraction of sp³-hybridized carbons (Fsp3) is 0.429. The summed E-state index contributed by atoms with van der Waals surface area (Å²) in [5.74, 6) is 0.969. The lowest BCUT2D eigenvalue weighted by atomic mass is 10.2. The van der Waals surface area contributed by atoms with Crippen LogP contribution in [0.1, 0.15) is 12.8 Å². The summed E-state index contributed by atoms with van der Waals surface area (Å²) in [6.07, 6.45) is 2.44. The minimum atomic E-state index is 0.326. The van der Waals surface area contributed by atoms with Crippen molar-refractivity contribution in [2.75, 3.05) is 37.0 Å². The van der Waals surface area contributed by atoms with Crippen LogP contribution in [-0.4, -0.2) is 37.2 Å². The quantitative estimate of drug-likeness (QED) is 0.790. The van der Waals surface area contributed by atoms with Gasteiger partial charge in [0.2, 0.25) is 5.28 Å². The molecule has 0 amide bonds. The van der Waals surface area contributed by atoms with Crippen molar-refractivity contribution < 1.29 is 0 Å². The standard InChI is InChI=1S/C14H17ClN4/c1-18(2)10-5-6-12-11(9-10)13(17-14(15)16-12)19-7-3-4-8-19/h5-6,9H,3-4,7-8H2,1-2H3. The second kappa shape index (κ2) is 4.85. The smallest absolute Gasteiger partial charge is 0.224 e. The highest BCUT2D eigenvalue weighted by molar-refractivity contribution is 6.28. The Balaban J connectivity index is 2.19. The zero-order valence-electron chi connectivity index (χ0n) is 11.2. The average molecular weight is 277 g/mol. The first-order valence-corrected chi connectivity index (χ1v) is 6.92. The van der Waals surface area contributed by atoms with E-state index >= 15 is 0 Å². The zero-order chi connectivity index (χ0) is 13.4. The van der Waals surface area contributed by atoms with Crippen molar-refractivity contribution in [2.45, 2.75) is 12.8 Å². The van der Waals surface area contributed by atoms with E-state index in [0.29, 0.717) is 5.28 Å². The molecule has 100 valence electrons. The van der Waals surface area contributed by atoms with E-state index in [4.69, 9.17) is 11.6 Å². The van der Waals surface area contributed by atoms with Crippen LogP contribution in [0.5, 0.6) is 0 Å². The third-order valence-corrected chi connectivity index (χ3v) is 3.72. The molecule has 1 aromatic carbocycles. The summed E-state index contributed by atoms with van der Waals surface area (Å²) < 4.78 is 0. The average Bonchev–Trinajstić information content (AvgIpc) is 2.90. The topological polar surface area (TPSA) is 32.3 Å². The summed E-state index contributed by atoms with van der Waals surface area (Å²) in [7, 11) is 4.07. The molecule has 1 saturated heterocycles. The summed E-state index contributed by atoms with van der Waals surface area (Å²) in [5.41, 5.74) is 2.06. The number of fused-ring (bicyclic) bond motifs is 1. The molecule has 1 aliphatic heterocycles. The molecular formula is C14H17ClN4. The van der Waals surface area contributed by atoms with Crippen LogP contribution >= 0.6 is 11.6 Å². The summed E-state index contributed by atoms with van der Waals surface area (Å²) in [6, 6.07) is 6.20. The molecular weight excluding hydrogens is 260 g/mol. The molecule has 1 fully saturated rings. The molecule has 0 spiro atoms. The lowest BCUT2D eigenvalue weighted by Gasteiger charge is -2.20. The number of hydrogen-bond donors (Lipinski definition) is 0. The highest BCUT2D eigenvalue weighted by Gasteiger charge is 2.18. The second-order valence-corrected chi connectivity index (χ2v) is 5.44. The Kier molecular flexibility index (Phi) is 3.19. The molecule has 2 heterocycles. The zero-order valence-corrected chi connectivity index (χ0v) is 12.0. The molecule has 1 aliphatic rings. The summed E-state index contributed by atoms with van der Waals surface area (Å²) >= 11 is 6.05. The number of anilines is 2. The van der Waals surface area contributed by atoms with Gasteiger partial charge >= 0.3 is 0 Å². The van der Waals surface area contributed by atoms with Gasteiger partial charge in [0.05, 0.1) is 5.52 Å². The van der Waals surface area contributed by atoms with E-state index in [0.717, 1.165) is 35.5 Å². The van der Waals surface area contributed by atoms with Gasteiger partial charge < -0.3 is 9.80 Å². The highest BCUT2D eigenvalue weighted by Crippen LogP contribution is 2.30. The van der Waals surface area contributed by atoms with E-state index in [-0.39, 0.29) is 0 Å². The molecule has 0 atom stereocenters. The maximum absolute atomic E-state index is 6.05. The Labute approximate surface area is 118 Å². The van der Waals surface area contributed by atoms with Gasteiger partial charge in [0, 0.05) is 38.3 Å². The van der Waals surface area contributed by atoms with Gasteiger partial charge in [0.15, 0.2) is 0 Å². The van der Waals surface area contributed by atoms with E-state index in [2.05, 4.69) is 31.9 Å². The number of aromatic nitrogens is 2. The first-order valence-electron chi connectivity index (χ1n) is 6.55. The Hall–Kier alpha value is -1.55. The molecule has 0 saturated carbocycles. The van der Waals surface area contributed by atoms with Gasteiger partial charge in [-0.05, 0) is 42.6 Å². The summed E-state index contributed by atoms with van der Waals surface area (Å²) in [4.78, 5) is 13.1. The lowest BCUT2D eigenvalue weighted by molar-refractivity contribution is 0.939. The van der Waals surface area contributed by atoms with E-state index in [1.54, 1.807) is 0 Å². The maximum Gasteiger partial charge on any atom is 0.224 e. The second-order valence-electron chi connectivity index (χ2n) is 5.11. The van der Waals surface area contributed by atoms with Gasteiger partial charge in [0.25, 0.3) is 0 Å². The maximum atomic E-state index is 6.05. The van der Waals surface area contributed by atoms with Crippen molar-refractivity contribution in [3.8, 4) is 0 Å². The molecule has 0 N–H and O–H groups in total. The predicted octanol–water partition coefficient (Wildman–Crippen LogP) is 2.95. The molecule has 0 unspecified atom stereocenters. The van der Waals surface area contributed by atoms with Crippen molar-refractivity contribution in [2.24, 2.45) is 0 Å². The van der Waals surface area contributed by atoms with Gasteiger partial charge in [-0.2, -0.15) is 4.98 Å². The third-order valence-electron chi connectivity index (χ3n) is 3.55. The van der Waals surface area contributed by atoms with Crippen molar-refractivity contribution in [3.63, 3.8) is 0 Å². The van der Waals surface area contributed by atoms with Crippen LogP contribution < -0.4 is 9.80 Å². The minimum Gasteiger partial charge on any atom is -0.378 e. The molecule has 5 heteroatoms. The van der Waals surface area contributed by atoms with Crippen LogP contribution in [0.3, 0.4) is 0 Å². The van der Waals surface area contributed by atoms with Crippen LogP contribution in [0.15, 0.2) is 18.2 Å². The molecule has 4 nitrogen and oxygen atoms in total. The fourth-order valence-electron chi connectivity index (χ4n) is 2.52. The molecule has 0 bridgehead atoms. The van der Waals surface area contributed by atoms with Crippen molar-refractivity contribution >= 4 is 34.0 Å². The van der Waals surface area contributed by atoms with E-state index in [9.17, 15) is 0 Å². The predicted molar refractivity (Wildman–Crippen MR) is 80.3 cm³/mol. The van der Waals surface area contributed by atoms with Gasteiger partial charge in [-0.3, -0.25) is 0 Å². The molecule has 19 heavy (non-hydrogen) atoms. The molecule has 0 aliphatic carbocycles. The van der Waals surface area contributed by atoms with Gasteiger partial charge in [0.1, 0.15) is 5.82 Å². The van der Waals surface area contributed by atoms with Crippen LogP contribution in [-0.2, 0) is 0 Å². The summed E-state index contributed by atoms with van der Waals surface area (Å²) in [5, 5.41) is 1.41. The van der Waals surface area contributed by atoms with Crippen LogP contribution in [0.4, 0.5) is 11.5 Å².